The summed E-state index contributed by atoms with van der Waals surface area (Å²) in [4.78, 5) is 30.7. The molecule has 0 N–H and O–H groups in total. The Bertz CT molecular complexity index is 1910. The van der Waals surface area contributed by atoms with E-state index in [1.165, 1.54) is 26.5 Å². The van der Waals surface area contributed by atoms with Crippen molar-refractivity contribution in [2.75, 3.05) is 19.1 Å². The van der Waals surface area contributed by atoms with Crippen molar-refractivity contribution >= 4 is 40.2 Å². The molecule has 1 saturated carbocycles. The second-order valence-electron chi connectivity index (χ2n) is 11.6. The maximum Gasteiger partial charge on any atom is 0.337 e. The fourth-order valence-electron chi connectivity index (χ4n) is 6.17. The first-order chi connectivity index (χ1) is 22.2. The van der Waals surface area contributed by atoms with E-state index in [1.807, 2.05) is 48.5 Å². The minimum atomic E-state index is -0.457. The number of carbonyl (C=O) groups excluding carboxylic acids is 2. The number of carbonyl (C=O) groups is 2. The number of imidazole rings is 1. The predicted molar refractivity (Wildman–Crippen MR) is 179 cm³/mol. The van der Waals surface area contributed by atoms with Gasteiger partial charge in [-0.05, 0) is 84.1 Å². The lowest BCUT2D eigenvalue weighted by Gasteiger charge is -2.26. The molecule has 0 radical (unpaired) electrons. The minimum absolute atomic E-state index is 0.0930. The molecule has 6 rings (SSSR count). The van der Waals surface area contributed by atoms with Gasteiger partial charge in [0.25, 0.3) is 0 Å². The third kappa shape index (κ3) is 6.35. The van der Waals surface area contributed by atoms with Gasteiger partial charge in [-0.25, -0.2) is 14.2 Å². The number of hydrogen-bond acceptors (Lipinski definition) is 5. The Morgan fingerprint density at radius 2 is 1.70 bits per heavy atom. The summed E-state index contributed by atoms with van der Waals surface area (Å²) in [6.07, 6.45) is 5.34. The summed E-state index contributed by atoms with van der Waals surface area (Å²) in [5.74, 6) is -0.105. The van der Waals surface area contributed by atoms with Gasteiger partial charge in [0.1, 0.15) is 24.0 Å². The van der Waals surface area contributed by atoms with Gasteiger partial charge in [-0.15, -0.1) is 0 Å². The third-order valence-electron chi connectivity index (χ3n) is 8.73. The van der Waals surface area contributed by atoms with E-state index in [4.69, 9.17) is 26.1 Å². The first kappa shape index (κ1) is 31.3. The highest BCUT2D eigenvalue weighted by atomic mass is 35.5. The Morgan fingerprint density at radius 3 is 2.39 bits per heavy atom. The van der Waals surface area contributed by atoms with Crippen LogP contribution in [-0.2, 0) is 16.1 Å². The zero-order chi connectivity index (χ0) is 32.4. The molecule has 0 unspecified atom stereocenters. The van der Waals surface area contributed by atoms with E-state index in [0.717, 1.165) is 53.6 Å². The Morgan fingerprint density at radius 1 is 0.957 bits per heavy atom. The molecule has 0 aliphatic heterocycles. The standard InChI is InChI=1S/C37H35ClFN3O4/c1-23(43)41(2)29-14-16-31(24-9-12-27(38)13-10-24)26(19-29)22-46-30-15-17-32(33(39)21-30)36-40-34-20-25(37(44)45-3)11-18-35(34)42(36)28-7-5-4-6-8-28/h9-21,28H,4-8,22H2,1-3H3. The van der Waals surface area contributed by atoms with Crippen molar-refractivity contribution < 1.29 is 23.5 Å². The summed E-state index contributed by atoms with van der Waals surface area (Å²) in [5.41, 5.74) is 5.66. The molecule has 4 aromatic carbocycles. The van der Waals surface area contributed by atoms with E-state index in [-0.39, 0.29) is 18.6 Å². The third-order valence-corrected chi connectivity index (χ3v) is 8.98. The van der Waals surface area contributed by atoms with Crippen LogP contribution in [0.15, 0.2) is 78.9 Å². The number of hydrogen-bond donors (Lipinski definition) is 0. The number of rotatable bonds is 8. The van der Waals surface area contributed by atoms with Gasteiger partial charge in [0.2, 0.25) is 5.91 Å². The molecule has 1 aliphatic carbocycles. The number of benzene rings is 4. The Labute approximate surface area is 272 Å². The van der Waals surface area contributed by atoms with Crippen LogP contribution in [-0.4, -0.2) is 35.6 Å². The van der Waals surface area contributed by atoms with Crippen LogP contribution in [0, 0.1) is 5.82 Å². The van der Waals surface area contributed by atoms with Crippen LogP contribution in [0.2, 0.25) is 5.02 Å². The molecule has 46 heavy (non-hydrogen) atoms. The molecule has 0 bridgehead atoms. The Hall–Kier alpha value is -4.69. The molecule has 1 fully saturated rings. The van der Waals surface area contributed by atoms with E-state index in [1.54, 1.807) is 36.2 Å². The lowest BCUT2D eigenvalue weighted by atomic mass is 9.94. The number of ether oxygens (including phenoxy) is 2. The summed E-state index contributed by atoms with van der Waals surface area (Å²) >= 11 is 6.13. The molecule has 236 valence electrons. The van der Waals surface area contributed by atoms with Gasteiger partial charge in [-0.2, -0.15) is 0 Å². The maximum absolute atomic E-state index is 16.0. The van der Waals surface area contributed by atoms with Gasteiger partial charge in [0.05, 0.1) is 29.3 Å². The molecule has 1 amide bonds. The second-order valence-corrected chi connectivity index (χ2v) is 12.1. The quantitative estimate of drug-likeness (QED) is 0.158. The van der Waals surface area contributed by atoms with Crippen LogP contribution in [0.25, 0.3) is 33.5 Å². The normalized spacial score (nSPS) is 13.5. The van der Waals surface area contributed by atoms with Crippen molar-refractivity contribution in [2.45, 2.75) is 51.7 Å². The molecule has 1 aliphatic rings. The summed E-state index contributed by atoms with van der Waals surface area (Å²) < 4.78 is 29.2. The number of aromatic nitrogens is 2. The van der Waals surface area contributed by atoms with Gasteiger partial charge in [0.15, 0.2) is 0 Å². The average Bonchev–Trinajstić information content (AvgIpc) is 3.45. The molecule has 0 atom stereocenters. The number of methoxy groups -OCH3 is 1. The lowest BCUT2D eigenvalue weighted by Crippen LogP contribution is -2.23. The predicted octanol–water partition coefficient (Wildman–Crippen LogP) is 9.02. The number of nitrogens with zero attached hydrogens (tertiary/aromatic N) is 3. The molecule has 9 heteroatoms. The zero-order valence-electron chi connectivity index (χ0n) is 26.1. The van der Waals surface area contributed by atoms with E-state index in [9.17, 15) is 9.59 Å². The van der Waals surface area contributed by atoms with Crippen LogP contribution >= 0.6 is 11.6 Å². The summed E-state index contributed by atoms with van der Waals surface area (Å²) in [7, 11) is 3.06. The van der Waals surface area contributed by atoms with Crippen molar-refractivity contribution in [3.8, 4) is 28.3 Å². The van der Waals surface area contributed by atoms with Crippen molar-refractivity contribution in [2.24, 2.45) is 0 Å². The van der Waals surface area contributed by atoms with Gasteiger partial charge in [-0.1, -0.05) is 49.1 Å². The summed E-state index contributed by atoms with van der Waals surface area (Å²) in [5, 5.41) is 0.631. The fraction of sp³-hybridized carbons (Fsp3) is 0.270. The Kier molecular flexibility index (Phi) is 9.08. The van der Waals surface area contributed by atoms with Crippen molar-refractivity contribution in [3.63, 3.8) is 0 Å². The average molecular weight is 640 g/mol. The largest absolute Gasteiger partial charge is 0.489 e. The van der Waals surface area contributed by atoms with Crippen molar-refractivity contribution in [1.82, 2.24) is 9.55 Å². The van der Waals surface area contributed by atoms with Crippen molar-refractivity contribution in [3.05, 3.63) is 101 Å². The first-order valence-corrected chi connectivity index (χ1v) is 15.8. The molecule has 5 aromatic rings. The van der Waals surface area contributed by atoms with Crippen molar-refractivity contribution in [1.29, 1.82) is 0 Å². The molecule has 1 aromatic heterocycles. The summed E-state index contributed by atoms with van der Waals surface area (Å²) in [6.45, 7) is 1.65. The fourth-order valence-corrected chi connectivity index (χ4v) is 6.30. The minimum Gasteiger partial charge on any atom is -0.489 e. The van der Waals surface area contributed by atoms with E-state index < -0.39 is 11.8 Å². The highest BCUT2D eigenvalue weighted by molar-refractivity contribution is 6.30. The van der Waals surface area contributed by atoms with Crippen LogP contribution in [0.1, 0.15) is 61.0 Å². The number of halogens is 2. The topological polar surface area (TPSA) is 73.7 Å². The highest BCUT2D eigenvalue weighted by Gasteiger charge is 2.25. The first-order valence-electron chi connectivity index (χ1n) is 15.4. The molecule has 7 nitrogen and oxygen atoms in total. The van der Waals surface area contributed by atoms with E-state index >= 15 is 4.39 Å². The van der Waals surface area contributed by atoms with Crippen LogP contribution in [0.3, 0.4) is 0 Å². The zero-order valence-corrected chi connectivity index (χ0v) is 26.8. The van der Waals surface area contributed by atoms with Crippen LogP contribution in [0.5, 0.6) is 5.75 Å². The molecule has 1 heterocycles. The van der Waals surface area contributed by atoms with E-state index in [2.05, 4.69) is 4.57 Å². The SMILES string of the molecule is COC(=O)c1ccc2c(c1)nc(-c1ccc(OCc3cc(N(C)C(C)=O)ccc3-c3ccc(Cl)cc3)cc1F)n2C1CCCCC1. The number of esters is 1. The maximum atomic E-state index is 16.0. The number of fused-ring (bicyclic) bond motifs is 1. The summed E-state index contributed by atoms with van der Waals surface area (Å²) in [6, 6.07) is 23.6. The van der Waals surface area contributed by atoms with Crippen LogP contribution in [0.4, 0.5) is 10.1 Å². The molecular weight excluding hydrogens is 605 g/mol. The monoisotopic (exact) mass is 639 g/mol. The molecular formula is C37H35ClFN3O4. The molecule has 0 saturated heterocycles. The smallest absolute Gasteiger partial charge is 0.337 e. The highest BCUT2D eigenvalue weighted by Crippen LogP contribution is 2.38. The van der Waals surface area contributed by atoms with Gasteiger partial charge >= 0.3 is 5.97 Å². The second kappa shape index (κ2) is 13.3. The number of anilines is 1. The van der Waals surface area contributed by atoms with Gasteiger partial charge < -0.3 is 18.9 Å². The van der Waals surface area contributed by atoms with Crippen LogP contribution < -0.4 is 9.64 Å². The van der Waals surface area contributed by atoms with E-state index in [0.29, 0.717) is 33.2 Å². The van der Waals surface area contributed by atoms with Gasteiger partial charge in [-0.3, -0.25) is 4.79 Å². The molecule has 0 spiro atoms. The number of amides is 1. The van der Waals surface area contributed by atoms with Gasteiger partial charge in [0, 0.05) is 36.8 Å². The lowest BCUT2D eigenvalue weighted by molar-refractivity contribution is -0.116. The Balaban J connectivity index is 1.33.